The highest BCUT2D eigenvalue weighted by atomic mass is 16.2. The molecule has 0 heterocycles. The molecule has 0 spiro atoms. The van der Waals surface area contributed by atoms with E-state index in [4.69, 9.17) is 5.73 Å². The van der Waals surface area contributed by atoms with Gasteiger partial charge in [0.25, 0.3) is 0 Å². The lowest BCUT2D eigenvalue weighted by Crippen LogP contribution is -2.53. The van der Waals surface area contributed by atoms with Gasteiger partial charge in [-0.2, -0.15) is 0 Å². The minimum absolute atomic E-state index is 0.0663. The van der Waals surface area contributed by atoms with Crippen LogP contribution in [0.3, 0.4) is 0 Å². The van der Waals surface area contributed by atoms with Crippen LogP contribution in [0, 0.1) is 5.92 Å². The van der Waals surface area contributed by atoms with E-state index in [2.05, 4.69) is 16.0 Å². The molecule has 2 rings (SSSR count). The molecule has 0 aromatic heterocycles. The molecule has 2 atom stereocenters. The first-order chi connectivity index (χ1) is 14.8. The highest BCUT2D eigenvalue weighted by Crippen LogP contribution is 2.13. The molecule has 7 heteroatoms. The van der Waals surface area contributed by atoms with Crippen molar-refractivity contribution in [2.24, 2.45) is 11.7 Å². The van der Waals surface area contributed by atoms with Gasteiger partial charge in [-0.15, -0.1) is 0 Å². The second kappa shape index (κ2) is 12.0. The summed E-state index contributed by atoms with van der Waals surface area (Å²) < 4.78 is 0. The number of hydrogen-bond acceptors (Lipinski definition) is 5. The summed E-state index contributed by atoms with van der Waals surface area (Å²) >= 11 is 0. The molecule has 0 aliphatic heterocycles. The monoisotopic (exact) mass is 424 g/mol. The van der Waals surface area contributed by atoms with E-state index in [1.807, 2.05) is 32.0 Å². The van der Waals surface area contributed by atoms with Crippen LogP contribution in [0.4, 0.5) is 0 Å². The van der Waals surface area contributed by atoms with Crippen molar-refractivity contribution in [3.05, 3.63) is 71.3 Å². The van der Waals surface area contributed by atoms with Crippen LogP contribution < -0.4 is 21.7 Å². The molecule has 5 N–H and O–H groups in total. The summed E-state index contributed by atoms with van der Waals surface area (Å²) in [5.41, 5.74) is 7.98. The highest BCUT2D eigenvalue weighted by Gasteiger charge is 2.24. The summed E-state index contributed by atoms with van der Waals surface area (Å²) in [5.74, 6) is -0.450. The molecule has 0 saturated heterocycles. The Morgan fingerprint density at radius 3 is 2.10 bits per heavy atom. The Labute approximate surface area is 183 Å². The van der Waals surface area contributed by atoms with Gasteiger partial charge in [-0.1, -0.05) is 68.4 Å². The molecule has 2 amide bonds. The average molecular weight is 425 g/mol. The topological polar surface area (TPSA) is 113 Å². The molecular weight excluding hydrogens is 392 g/mol. The Hall–Kier alpha value is -3.03. The molecule has 0 radical (unpaired) electrons. The average Bonchev–Trinajstić information content (AvgIpc) is 2.77. The molecule has 31 heavy (non-hydrogen) atoms. The van der Waals surface area contributed by atoms with E-state index in [1.165, 1.54) is 0 Å². The summed E-state index contributed by atoms with van der Waals surface area (Å²) in [6.07, 6.45) is 0.822. The van der Waals surface area contributed by atoms with Crippen molar-refractivity contribution in [3.8, 4) is 0 Å². The van der Waals surface area contributed by atoms with E-state index in [0.717, 1.165) is 5.56 Å². The molecule has 2 aromatic rings. The molecular formula is C24H32N4O3. The van der Waals surface area contributed by atoms with E-state index < -0.39 is 12.1 Å². The van der Waals surface area contributed by atoms with E-state index in [9.17, 15) is 14.4 Å². The lowest BCUT2D eigenvalue weighted by atomic mass is 9.99. The number of nitrogens with two attached hydrogens (primary N) is 1. The lowest BCUT2D eigenvalue weighted by molar-refractivity contribution is -0.129. The van der Waals surface area contributed by atoms with Crippen LogP contribution in [-0.4, -0.2) is 43.4 Å². The quantitative estimate of drug-likeness (QED) is 0.323. The Bertz CT molecular complexity index is 866. The van der Waals surface area contributed by atoms with Crippen molar-refractivity contribution >= 4 is 17.6 Å². The van der Waals surface area contributed by atoms with Crippen molar-refractivity contribution in [2.75, 3.05) is 13.7 Å². The maximum absolute atomic E-state index is 12.6. The number of nitrogens with one attached hydrogen (secondary N) is 3. The van der Waals surface area contributed by atoms with Gasteiger partial charge in [0.15, 0.2) is 5.78 Å². The smallest absolute Gasteiger partial charge is 0.243 e. The zero-order valence-corrected chi connectivity index (χ0v) is 18.4. The van der Waals surface area contributed by atoms with Crippen LogP contribution >= 0.6 is 0 Å². The number of benzene rings is 2. The minimum Gasteiger partial charge on any atom is -0.343 e. The Kier molecular flexibility index (Phi) is 9.37. The fourth-order valence-corrected chi connectivity index (χ4v) is 3.19. The SMILES string of the molecule is CNCNC(=O)[C@H](Cc1ccc(C(=O)c2ccccc2)cc1)NC(=O)[C@@H](N)CC(C)C. The van der Waals surface area contributed by atoms with E-state index in [-0.39, 0.29) is 36.6 Å². The highest BCUT2D eigenvalue weighted by molar-refractivity contribution is 6.08. The van der Waals surface area contributed by atoms with Gasteiger partial charge >= 0.3 is 0 Å². The number of carbonyl (C=O) groups is 3. The van der Waals surface area contributed by atoms with Gasteiger partial charge in [0, 0.05) is 17.5 Å². The molecule has 166 valence electrons. The van der Waals surface area contributed by atoms with Crippen molar-refractivity contribution in [1.29, 1.82) is 0 Å². The summed E-state index contributed by atoms with van der Waals surface area (Å²) in [4.78, 5) is 37.6. The van der Waals surface area contributed by atoms with Crippen molar-refractivity contribution in [1.82, 2.24) is 16.0 Å². The summed E-state index contributed by atoms with van der Waals surface area (Å²) in [6.45, 7) is 4.26. The predicted octanol–water partition coefficient (Wildman–Crippen LogP) is 1.61. The van der Waals surface area contributed by atoms with Gasteiger partial charge < -0.3 is 21.7 Å². The lowest BCUT2D eigenvalue weighted by Gasteiger charge is -2.21. The second-order valence-electron chi connectivity index (χ2n) is 7.96. The molecule has 0 unspecified atom stereocenters. The van der Waals surface area contributed by atoms with Crippen LogP contribution in [0.2, 0.25) is 0 Å². The third-order valence-electron chi connectivity index (χ3n) is 4.83. The van der Waals surface area contributed by atoms with Crippen LogP contribution in [-0.2, 0) is 16.0 Å². The van der Waals surface area contributed by atoms with Gasteiger partial charge in [-0.25, -0.2) is 0 Å². The largest absolute Gasteiger partial charge is 0.343 e. The molecule has 0 aliphatic carbocycles. The molecule has 0 aliphatic rings. The standard InChI is InChI=1S/C24H32N4O3/c1-16(2)13-20(25)23(30)28-21(24(31)27-15-26-3)14-17-9-11-19(12-10-17)22(29)18-7-5-4-6-8-18/h4-12,16,20-21,26H,13-15,25H2,1-3H3,(H,27,31)(H,28,30)/t20-,21-/m0/s1. The second-order valence-corrected chi connectivity index (χ2v) is 7.96. The third kappa shape index (κ3) is 7.62. The molecule has 0 saturated carbocycles. The van der Waals surface area contributed by atoms with Crippen molar-refractivity contribution in [2.45, 2.75) is 38.8 Å². The number of rotatable bonds is 11. The molecule has 0 bridgehead atoms. The van der Waals surface area contributed by atoms with Crippen LogP contribution in [0.25, 0.3) is 0 Å². The predicted molar refractivity (Wildman–Crippen MR) is 121 cm³/mol. The first-order valence-electron chi connectivity index (χ1n) is 10.5. The summed E-state index contributed by atoms with van der Waals surface area (Å²) in [6, 6.07) is 14.7. The number of ketones is 1. The fraction of sp³-hybridized carbons (Fsp3) is 0.375. The van der Waals surface area contributed by atoms with E-state index in [0.29, 0.717) is 17.5 Å². The Morgan fingerprint density at radius 2 is 1.52 bits per heavy atom. The zero-order valence-electron chi connectivity index (χ0n) is 18.4. The van der Waals surface area contributed by atoms with Gasteiger partial charge in [-0.05, 0) is 24.9 Å². The fourth-order valence-electron chi connectivity index (χ4n) is 3.19. The van der Waals surface area contributed by atoms with E-state index in [1.54, 1.807) is 43.4 Å². The Morgan fingerprint density at radius 1 is 0.903 bits per heavy atom. The van der Waals surface area contributed by atoms with E-state index >= 15 is 0 Å². The maximum atomic E-state index is 12.6. The van der Waals surface area contributed by atoms with Crippen LogP contribution in [0.15, 0.2) is 54.6 Å². The summed E-state index contributed by atoms with van der Waals surface area (Å²) in [7, 11) is 1.72. The normalized spacial score (nSPS) is 12.8. The van der Waals surface area contributed by atoms with Crippen molar-refractivity contribution < 1.29 is 14.4 Å². The maximum Gasteiger partial charge on any atom is 0.243 e. The molecule has 2 aromatic carbocycles. The van der Waals surface area contributed by atoms with Gasteiger partial charge in [0.2, 0.25) is 11.8 Å². The number of hydrogen-bond donors (Lipinski definition) is 4. The van der Waals surface area contributed by atoms with Gasteiger partial charge in [0.05, 0.1) is 12.7 Å². The van der Waals surface area contributed by atoms with Crippen LogP contribution in [0.5, 0.6) is 0 Å². The zero-order chi connectivity index (χ0) is 22.8. The first-order valence-corrected chi connectivity index (χ1v) is 10.5. The van der Waals surface area contributed by atoms with Gasteiger partial charge in [0.1, 0.15) is 6.04 Å². The number of carbonyl (C=O) groups excluding carboxylic acids is 3. The van der Waals surface area contributed by atoms with Gasteiger partial charge in [-0.3, -0.25) is 14.4 Å². The number of amides is 2. The molecule has 0 fully saturated rings. The van der Waals surface area contributed by atoms with Crippen molar-refractivity contribution in [3.63, 3.8) is 0 Å². The summed E-state index contributed by atoms with van der Waals surface area (Å²) in [5, 5.41) is 8.35. The minimum atomic E-state index is -0.769. The Balaban J connectivity index is 2.11. The third-order valence-corrected chi connectivity index (χ3v) is 4.83. The molecule has 7 nitrogen and oxygen atoms in total. The van der Waals surface area contributed by atoms with Crippen LogP contribution in [0.1, 0.15) is 41.8 Å². The first kappa shape index (κ1) is 24.2.